The molecule has 0 spiro atoms. The lowest BCUT2D eigenvalue weighted by Gasteiger charge is -2.30. The summed E-state index contributed by atoms with van der Waals surface area (Å²) in [4.78, 5) is 26.5. The summed E-state index contributed by atoms with van der Waals surface area (Å²) in [7, 11) is 1.57. The van der Waals surface area contributed by atoms with E-state index in [0.29, 0.717) is 18.8 Å². The average Bonchev–Trinajstić information content (AvgIpc) is 2.71. The third-order valence-electron chi connectivity index (χ3n) is 4.62. The molecule has 2 aromatic rings. The summed E-state index contributed by atoms with van der Waals surface area (Å²) in [5.74, 6) is -0.0691. The molecular formula is C22H23NO4. The second kappa shape index (κ2) is 8.54. The second-order valence-electron chi connectivity index (χ2n) is 6.43. The lowest BCUT2D eigenvalue weighted by atomic mass is 9.99. The first-order valence-electron chi connectivity index (χ1n) is 8.96. The highest BCUT2D eigenvalue weighted by molar-refractivity contribution is 5.90. The minimum atomic E-state index is -0.829. The molecule has 5 nitrogen and oxygen atoms in total. The summed E-state index contributed by atoms with van der Waals surface area (Å²) >= 11 is 0. The van der Waals surface area contributed by atoms with Crippen LogP contribution in [0.25, 0.3) is 6.08 Å². The van der Waals surface area contributed by atoms with Gasteiger partial charge in [0.2, 0.25) is 0 Å². The Labute approximate surface area is 159 Å². The SMILES string of the molecule is COc1ccccc1/C=C/C(=O)O[C@@H](C)C(=O)N1CCc2ccccc2C1. The minimum absolute atomic E-state index is 0.177. The number of benzene rings is 2. The molecule has 5 heteroatoms. The maximum atomic E-state index is 12.6. The monoisotopic (exact) mass is 365 g/mol. The van der Waals surface area contributed by atoms with Gasteiger partial charge < -0.3 is 14.4 Å². The van der Waals surface area contributed by atoms with Gasteiger partial charge in [-0.3, -0.25) is 4.79 Å². The van der Waals surface area contributed by atoms with Crippen LogP contribution in [-0.4, -0.2) is 36.5 Å². The first kappa shape index (κ1) is 18.7. The molecule has 0 N–H and O–H groups in total. The van der Waals surface area contributed by atoms with Gasteiger partial charge in [-0.2, -0.15) is 0 Å². The number of esters is 1. The van der Waals surface area contributed by atoms with Crippen molar-refractivity contribution in [2.24, 2.45) is 0 Å². The van der Waals surface area contributed by atoms with E-state index >= 15 is 0 Å². The van der Waals surface area contributed by atoms with Crippen molar-refractivity contribution in [1.29, 1.82) is 0 Å². The highest BCUT2D eigenvalue weighted by Crippen LogP contribution is 2.20. The number of fused-ring (bicyclic) bond motifs is 1. The van der Waals surface area contributed by atoms with E-state index in [9.17, 15) is 9.59 Å². The van der Waals surface area contributed by atoms with Crippen LogP contribution in [0.5, 0.6) is 5.75 Å². The molecule has 1 atom stereocenters. The summed E-state index contributed by atoms with van der Waals surface area (Å²) in [5, 5.41) is 0. The van der Waals surface area contributed by atoms with Crippen molar-refractivity contribution in [2.75, 3.05) is 13.7 Å². The molecule has 1 amide bonds. The molecule has 0 radical (unpaired) electrons. The van der Waals surface area contributed by atoms with Crippen LogP contribution in [-0.2, 0) is 27.3 Å². The minimum Gasteiger partial charge on any atom is -0.496 e. The number of ether oxygens (including phenoxy) is 2. The van der Waals surface area contributed by atoms with E-state index in [1.807, 2.05) is 42.5 Å². The lowest BCUT2D eigenvalue weighted by Crippen LogP contribution is -2.42. The molecule has 3 rings (SSSR count). The van der Waals surface area contributed by atoms with Crippen molar-refractivity contribution in [3.8, 4) is 5.75 Å². The van der Waals surface area contributed by atoms with Gasteiger partial charge in [-0.25, -0.2) is 4.79 Å². The smallest absolute Gasteiger partial charge is 0.331 e. The molecule has 0 saturated heterocycles. The third-order valence-corrected chi connectivity index (χ3v) is 4.62. The Morgan fingerprint density at radius 2 is 1.78 bits per heavy atom. The fraction of sp³-hybridized carbons (Fsp3) is 0.273. The Morgan fingerprint density at radius 3 is 2.56 bits per heavy atom. The number of methoxy groups -OCH3 is 1. The summed E-state index contributed by atoms with van der Waals surface area (Å²) in [6.07, 6.45) is 2.92. The molecule has 1 heterocycles. The standard InChI is InChI=1S/C22H23NO4/c1-16(22(25)23-14-13-17-7-3-4-9-19(17)15-23)27-21(24)12-11-18-8-5-6-10-20(18)26-2/h3-12,16H,13-15H2,1-2H3/b12-11+/t16-/m0/s1. The number of carbonyl (C=O) groups excluding carboxylic acids is 2. The van der Waals surface area contributed by atoms with Crippen molar-refractivity contribution in [2.45, 2.75) is 26.0 Å². The zero-order chi connectivity index (χ0) is 19.2. The van der Waals surface area contributed by atoms with Crippen molar-refractivity contribution >= 4 is 18.0 Å². The van der Waals surface area contributed by atoms with E-state index in [1.54, 1.807) is 25.0 Å². The number of amides is 1. The average molecular weight is 365 g/mol. The van der Waals surface area contributed by atoms with Gasteiger partial charge in [0.25, 0.3) is 5.91 Å². The molecule has 140 valence electrons. The fourth-order valence-corrected chi connectivity index (χ4v) is 3.17. The van der Waals surface area contributed by atoms with Gasteiger partial charge in [-0.15, -0.1) is 0 Å². The van der Waals surface area contributed by atoms with E-state index in [4.69, 9.17) is 9.47 Å². The van der Waals surface area contributed by atoms with Crippen LogP contribution in [0, 0.1) is 0 Å². The molecular weight excluding hydrogens is 342 g/mol. The number of hydrogen-bond donors (Lipinski definition) is 0. The molecule has 0 fully saturated rings. The number of para-hydroxylation sites is 1. The number of rotatable bonds is 5. The van der Waals surface area contributed by atoms with Gasteiger partial charge in [-0.1, -0.05) is 42.5 Å². The predicted octanol–water partition coefficient (Wildman–Crippen LogP) is 3.23. The van der Waals surface area contributed by atoms with Crippen molar-refractivity contribution in [3.05, 3.63) is 71.3 Å². The summed E-state index contributed by atoms with van der Waals surface area (Å²) in [5.41, 5.74) is 3.18. The van der Waals surface area contributed by atoms with Gasteiger partial charge in [0, 0.05) is 24.7 Å². The van der Waals surface area contributed by atoms with Crippen LogP contribution >= 0.6 is 0 Å². The third kappa shape index (κ3) is 4.56. The lowest BCUT2D eigenvalue weighted by molar-refractivity contribution is -0.155. The van der Waals surface area contributed by atoms with Gasteiger partial charge in [0.1, 0.15) is 5.75 Å². The molecule has 1 aliphatic rings. The number of hydrogen-bond acceptors (Lipinski definition) is 4. The zero-order valence-corrected chi connectivity index (χ0v) is 15.6. The summed E-state index contributed by atoms with van der Waals surface area (Å²) < 4.78 is 10.5. The van der Waals surface area contributed by atoms with E-state index in [0.717, 1.165) is 17.5 Å². The van der Waals surface area contributed by atoms with Crippen LogP contribution < -0.4 is 4.74 Å². The highest BCUT2D eigenvalue weighted by atomic mass is 16.5. The summed E-state index contributed by atoms with van der Waals surface area (Å²) in [6.45, 7) is 2.79. The first-order valence-corrected chi connectivity index (χ1v) is 8.96. The Kier molecular flexibility index (Phi) is 5.91. The topological polar surface area (TPSA) is 55.8 Å². The van der Waals surface area contributed by atoms with Gasteiger partial charge >= 0.3 is 5.97 Å². The Balaban J connectivity index is 1.58. The largest absolute Gasteiger partial charge is 0.496 e. The Hall–Kier alpha value is -3.08. The maximum Gasteiger partial charge on any atom is 0.331 e. The first-order chi connectivity index (χ1) is 13.1. The molecule has 0 saturated carbocycles. The van der Waals surface area contributed by atoms with Crippen LogP contribution in [0.15, 0.2) is 54.6 Å². The van der Waals surface area contributed by atoms with Gasteiger partial charge in [0.15, 0.2) is 6.10 Å². The van der Waals surface area contributed by atoms with Crippen LogP contribution in [0.1, 0.15) is 23.6 Å². The van der Waals surface area contributed by atoms with Crippen LogP contribution in [0.4, 0.5) is 0 Å². The Morgan fingerprint density at radius 1 is 1.07 bits per heavy atom. The molecule has 1 aliphatic heterocycles. The number of nitrogens with zero attached hydrogens (tertiary/aromatic N) is 1. The maximum absolute atomic E-state index is 12.6. The molecule has 0 unspecified atom stereocenters. The van der Waals surface area contributed by atoms with Crippen LogP contribution in [0.2, 0.25) is 0 Å². The van der Waals surface area contributed by atoms with Crippen molar-refractivity contribution < 1.29 is 19.1 Å². The van der Waals surface area contributed by atoms with E-state index in [-0.39, 0.29) is 5.91 Å². The van der Waals surface area contributed by atoms with Crippen molar-refractivity contribution in [1.82, 2.24) is 4.90 Å². The fourth-order valence-electron chi connectivity index (χ4n) is 3.17. The molecule has 0 aliphatic carbocycles. The molecule has 0 aromatic heterocycles. The quantitative estimate of drug-likeness (QED) is 0.603. The van der Waals surface area contributed by atoms with E-state index < -0.39 is 12.1 Å². The zero-order valence-electron chi connectivity index (χ0n) is 15.6. The molecule has 27 heavy (non-hydrogen) atoms. The van der Waals surface area contributed by atoms with E-state index in [2.05, 4.69) is 6.07 Å². The molecule has 2 aromatic carbocycles. The highest BCUT2D eigenvalue weighted by Gasteiger charge is 2.26. The van der Waals surface area contributed by atoms with Gasteiger partial charge in [0.05, 0.1) is 7.11 Å². The van der Waals surface area contributed by atoms with E-state index in [1.165, 1.54) is 11.6 Å². The normalized spacial score (nSPS) is 14.5. The van der Waals surface area contributed by atoms with Gasteiger partial charge in [-0.05, 0) is 36.6 Å². The predicted molar refractivity (Wildman–Crippen MR) is 103 cm³/mol. The Bertz CT molecular complexity index is 859. The summed E-state index contributed by atoms with van der Waals surface area (Å²) in [6, 6.07) is 15.5. The second-order valence-corrected chi connectivity index (χ2v) is 6.43. The van der Waals surface area contributed by atoms with Crippen LogP contribution in [0.3, 0.4) is 0 Å². The van der Waals surface area contributed by atoms with Crippen molar-refractivity contribution in [3.63, 3.8) is 0 Å². The molecule has 0 bridgehead atoms. The number of carbonyl (C=O) groups is 2.